The molecule has 0 spiro atoms. The molecular formula is C18H23N3O2S. The fourth-order valence-corrected chi connectivity index (χ4v) is 4.57. The summed E-state index contributed by atoms with van der Waals surface area (Å²) in [5, 5.41) is 16.5. The summed E-state index contributed by atoms with van der Waals surface area (Å²) < 4.78 is 0. The number of nitrogens with one attached hydrogen (secondary N) is 1. The van der Waals surface area contributed by atoms with Crippen LogP contribution in [0.2, 0.25) is 0 Å². The second-order valence-electron chi connectivity index (χ2n) is 6.48. The summed E-state index contributed by atoms with van der Waals surface area (Å²) in [6, 6.07) is 9.81. The maximum atomic E-state index is 10.9. The van der Waals surface area contributed by atoms with Crippen molar-refractivity contribution in [1.29, 1.82) is 0 Å². The minimum Gasteiger partial charge on any atom is -0.384 e. The molecule has 128 valence electrons. The molecule has 1 N–H and O–H groups in total. The molecular weight excluding hydrogens is 322 g/mol. The Hall–Kier alpha value is -1.92. The molecule has 2 aromatic rings. The lowest BCUT2D eigenvalue weighted by Gasteiger charge is -2.39. The average Bonchev–Trinajstić information content (AvgIpc) is 3.07. The van der Waals surface area contributed by atoms with Gasteiger partial charge in [0.2, 0.25) is 0 Å². The molecule has 3 rings (SSSR count). The number of nitro benzene ring substituents is 1. The average molecular weight is 345 g/mol. The molecule has 1 fully saturated rings. The zero-order valence-electron chi connectivity index (χ0n) is 14.1. The molecule has 1 aromatic carbocycles. The van der Waals surface area contributed by atoms with E-state index in [1.54, 1.807) is 12.1 Å². The van der Waals surface area contributed by atoms with Crippen LogP contribution in [-0.2, 0) is 0 Å². The molecule has 1 saturated heterocycles. The number of hydrogen-bond donors (Lipinski definition) is 1. The van der Waals surface area contributed by atoms with E-state index in [9.17, 15) is 10.1 Å². The first-order chi connectivity index (χ1) is 11.6. The Kier molecular flexibility index (Phi) is 5.16. The maximum Gasteiger partial charge on any atom is 0.269 e. The van der Waals surface area contributed by atoms with E-state index >= 15 is 0 Å². The van der Waals surface area contributed by atoms with Crippen LogP contribution in [0.5, 0.6) is 0 Å². The van der Waals surface area contributed by atoms with Gasteiger partial charge in [-0.15, -0.1) is 11.3 Å². The van der Waals surface area contributed by atoms with Crippen LogP contribution in [0.3, 0.4) is 0 Å². The van der Waals surface area contributed by atoms with Gasteiger partial charge >= 0.3 is 0 Å². The fraction of sp³-hybridized carbons (Fsp3) is 0.444. The molecule has 1 aliphatic heterocycles. The first kappa shape index (κ1) is 16.9. The summed E-state index contributed by atoms with van der Waals surface area (Å²) in [5.41, 5.74) is 2.05. The molecule has 0 radical (unpaired) electrons. The molecule has 2 atom stereocenters. The summed E-state index contributed by atoms with van der Waals surface area (Å²) in [7, 11) is 2.20. The van der Waals surface area contributed by atoms with Crippen molar-refractivity contribution in [3.05, 3.63) is 56.3 Å². The third-order valence-electron chi connectivity index (χ3n) is 4.82. The summed E-state index contributed by atoms with van der Waals surface area (Å²) in [5.74, 6) is 0.539. The number of piperidine rings is 1. The SMILES string of the molecule is Cc1cc([N+](=O)[O-])ccc1NCC1CCCN(C)C1c1cccs1. The molecule has 2 unspecified atom stereocenters. The summed E-state index contributed by atoms with van der Waals surface area (Å²) in [4.78, 5) is 14.4. The van der Waals surface area contributed by atoms with Crippen LogP contribution in [0.25, 0.3) is 0 Å². The van der Waals surface area contributed by atoms with Crippen molar-refractivity contribution in [3.63, 3.8) is 0 Å². The topological polar surface area (TPSA) is 58.4 Å². The number of anilines is 1. The van der Waals surface area contributed by atoms with Gasteiger partial charge in [-0.25, -0.2) is 0 Å². The summed E-state index contributed by atoms with van der Waals surface area (Å²) >= 11 is 1.82. The van der Waals surface area contributed by atoms with E-state index in [2.05, 4.69) is 34.8 Å². The number of aryl methyl sites for hydroxylation is 1. The number of rotatable bonds is 5. The number of benzene rings is 1. The van der Waals surface area contributed by atoms with E-state index in [0.29, 0.717) is 12.0 Å². The molecule has 1 aromatic heterocycles. The van der Waals surface area contributed by atoms with Crippen LogP contribution in [0.1, 0.15) is 29.3 Å². The van der Waals surface area contributed by atoms with E-state index in [0.717, 1.165) is 24.3 Å². The van der Waals surface area contributed by atoms with Crippen molar-refractivity contribution >= 4 is 22.7 Å². The minimum atomic E-state index is -0.348. The van der Waals surface area contributed by atoms with Gasteiger partial charge in [0.05, 0.1) is 4.92 Å². The Morgan fingerprint density at radius 2 is 2.25 bits per heavy atom. The van der Waals surface area contributed by atoms with Crippen LogP contribution in [0.4, 0.5) is 11.4 Å². The van der Waals surface area contributed by atoms with Gasteiger partial charge in [0, 0.05) is 35.3 Å². The van der Waals surface area contributed by atoms with Crippen molar-refractivity contribution in [2.45, 2.75) is 25.8 Å². The normalized spacial score (nSPS) is 21.6. The Morgan fingerprint density at radius 1 is 1.42 bits per heavy atom. The van der Waals surface area contributed by atoms with Gasteiger partial charge in [-0.05, 0) is 62.4 Å². The highest BCUT2D eigenvalue weighted by molar-refractivity contribution is 7.10. The van der Waals surface area contributed by atoms with Crippen molar-refractivity contribution in [3.8, 4) is 0 Å². The zero-order chi connectivity index (χ0) is 17.1. The van der Waals surface area contributed by atoms with Crippen molar-refractivity contribution < 1.29 is 4.92 Å². The number of non-ortho nitro benzene ring substituents is 1. The third kappa shape index (κ3) is 3.60. The second kappa shape index (κ2) is 7.32. The van der Waals surface area contributed by atoms with Crippen LogP contribution in [0.15, 0.2) is 35.7 Å². The molecule has 6 heteroatoms. The fourth-order valence-electron chi connectivity index (χ4n) is 3.58. The highest BCUT2D eigenvalue weighted by Crippen LogP contribution is 2.37. The second-order valence-corrected chi connectivity index (χ2v) is 7.46. The largest absolute Gasteiger partial charge is 0.384 e. The molecule has 2 heterocycles. The number of thiophene rings is 1. The Morgan fingerprint density at radius 3 is 2.92 bits per heavy atom. The van der Waals surface area contributed by atoms with E-state index in [1.807, 2.05) is 24.3 Å². The lowest BCUT2D eigenvalue weighted by molar-refractivity contribution is -0.384. The smallest absolute Gasteiger partial charge is 0.269 e. The van der Waals surface area contributed by atoms with Crippen molar-refractivity contribution in [1.82, 2.24) is 4.90 Å². The lowest BCUT2D eigenvalue weighted by Crippen LogP contribution is -2.38. The van der Waals surface area contributed by atoms with Gasteiger partial charge in [-0.3, -0.25) is 15.0 Å². The quantitative estimate of drug-likeness (QED) is 0.642. The van der Waals surface area contributed by atoms with Crippen molar-refractivity contribution in [2.24, 2.45) is 5.92 Å². The predicted molar refractivity (Wildman–Crippen MR) is 98.7 cm³/mol. The summed E-state index contributed by atoms with van der Waals surface area (Å²) in [6.07, 6.45) is 2.41. The summed E-state index contributed by atoms with van der Waals surface area (Å²) in [6.45, 7) is 3.93. The lowest BCUT2D eigenvalue weighted by atomic mass is 9.88. The van der Waals surface area contributed by atoms with Gasteiger partial charge in [-0.1, -0.05) is 6.07 Å². The molecule has 0 bridgehead atoms. The zero-order valence-corrected chi connectivity index (χ0v) is 14.9. The van der Waals surface area contributed by atoms with E-state index in [4.69, 9.17) is 0 Å². The molecule has 0 amide bonds. The monoisotopic (exact) mass is 345 g/mol. The van der Waals surface area contributed by atoms with Crippen molar-refractivity contribution in [2.75, 3.05) is 25.5 Å². The van der Waals surface area contributed by atoms with Gasteiger partial charge in [0.15, 0.2) is 0 Å². The molecule has 1 aliphatic rings. The number of nitrogens with zero attached hydrogens (tertiary/aromatic N) is 2. The number of likely N-dealkylation sites (tertiary alicyclic amines) is 1. The minimum absolute atomic E-state index is 0.145. The Balaban J connectivity index is 1.71. The Bertz CT molecular complexity index is 702. The van der Waals surface area contributed by atoms with Gasteiger partial charge in [-0.2, -0.15) is 0 Å². The molecule has 0 saturated carbocycles. The van der Waals surface area contributed by atoms with E-state index in [-0.39, 0.29) is 10.6 Å². The van der Waals surface area contributed by atoms with E-state index in [1.165, 1.54) is 17.7 Å². The number of hydrogen-bond acceptors (Lipinski definition) is 5. The first-order valence-corrected chi connectivity index (χ1v) is 9.17. The van der Waals surface area contributed by atoms with E-state index < -0.39 is 0 Å². The maximum absolute atomic E-state index is 10.9. The van der Waals surface area contributed by atoms with Gasteiger partial charge < -0.3 is 5.32 Å². The predicted octanol–water partition coefficient (Wildman–Crippen LogP) is 4.46. The van der Waals surface area contributed by atoms with Crippen LogP contribution >= 0.6 is 11.3 Å². The van der Waals surface area contributed by atoms with Crippen LogP contribution < -0.4 is 5.32 Å². The molecule has 5 nitrogen and oxygen atoms in total. The van der Waals surface area contributed by atoms with Crippen LogP contribution in [-0.4, -0.2) is 30.0 Å². The van der Waals surface area contributed by atoms with Crippen LogP contribution in [0, 0.1) is 23.0 Å². The van der Waals surface area contributed by atoms with Gasteiger partial charge in [0.1, 0.15) is 0 Å². The highest BCUT2D eigenvalue weighted by Gasteiger charge is 2.31. The van der Waals surface area contributed by atoms with Gasteiger partial charge in [0.25, 0.3) is 5.69 Å². The number of nitro groups is 1. The highest BCUT2D eigenvalue weighted by atomic mass is 32.1. The molecule has 0 aliphatic carbocycles. The third-order valence-corrected chi connectivity index (χ3v) is 5.76. The Labute approximate surface area is 146 Å². The molecule has 24 heavy (non-hydrogen) atoms. The standard InChI is InChI=1S/C18H23N3O2S/c1-13-11-15(21(22)23)7-8-16(13)19-12-14-5-3-9-20(2)18(14)17-6-4-10-24-17/h4,6-8,10-11,14,18-19H,3,5,9,12H2,1-2H3. The first-order valence-electron chi connectivity index (χ1n) is 8.29.